The third kappa shape index (κ3) is 3.32. The molecule has 4 rings (SSSR count). The molecule has 0 aromatic heterocycles. The molecule has 2 aromatic rings. The summed E-state index contributed by atoms with van der Waals surface area (Å²) >= 11 is 6.19. The molecule has 1 fully saturated rings. The van der Waals surface area contributed by atoms with Crippen LogP contribution in [0.25, 0.3) is 0 Å². The van der Waals surface area contributed by atoms with Crippen molar-refractivity contribution >= 4 is 42.3 Å². The molecule has 1 unspecified atom stereocenters. The number of rotatable bonds is 1. The van der Waals surface area contributed by atoms with Crippen molar-refractivity contribution in [3.8, 4) is 0 Å². The molecule has 2 heterocycles. The Hall–Kier alpha value is -2.02. The van der Waals surface area contributed by atoms with Gasteiger partial charge in [0.2, 0.25) is 0 Å². The third-order valence-corrected chi connectivity index (χ3v) is 5.08. The maximum absolute atomic E-state index is 10.0. The number of anilines is 2. The quantitative estimate of drug-likeness (QED) is 0.762. The first-order chi connectivity index (χ1) is 12.4. The first-order valence-corrected chi connectivity index (χ1v) is 9.05. The molecule has 0 aliphatic carbocycles. The second-order valence-corrected chi connectivity index (χ2v) is 7.27. The lowest BCUT2D eigenvalue weighted by Crippen LogP contribution is -2.57. The highest BCUT2D eigenvalue weighted by Gasteiger charge is 2.30. The molecule has 2 aromatic carbocycles. The van der Waals surface area contributed by atoms with Gasteiger partial charge in [-0.3, -0.25) is 4.90 Å². The van der Waals surface area contributed by atoms with Gasteiger partial charge in [-0.2, -0.15) is 0 Å². The van der Waals surface area contributed by atoms with Gasteiger partial charge >= 0.3 is 0 Å². The minimum atomic E-state index is -1.29. The molecular weight excluding hydrogens is 347 g/mol. The molecule has 2 aliphatic heterocycles. The number of hydrogen-bond acceptors (Lipinski definition) is 5. The van der Waals surface area contributed by atoms with Crippen LogP contribution >= 0.6 is 11.6 Å². The number of fused-ring (bicyclic) bond motifs is 2. The fraction of sp³-hybridized carbons (Fsp3) is 0.316. The van der Waals surface area contributed by atoms with Crippen molar-refractivity contribution in [1.29, 1.82) is 0 Å². The molecule has 2 aliphatic rings. The molecule has 7 heteroatoms. The van der Waals surface area contributed by atoms with Crippen LogP contribution in [0.3, 0.4) is 0 Å². The van der Waals surface area contributed by atoms with Crippen LogP contribution in [0, 0.1) is 0 Å². The number of para-hydroxylation sites is 1. The molecule has 5 nitrogen and oxygen atoms in total. The van der Waals surface area contributed by atoms with Crippen LogP contribution in [0.4, 0.5) is 17.1 Å². The Balaban J connectivity index is 1.72. The van der Waals surface area contributed by atoms with Crippen LogP contribution in [-0.4, -0.2) is 60.4 Å². The average Bonchev–Trinajstić information content (AvgIpc) is 2.77. The highest BCUT2D eigenvalue weighted by Crippen LogP contribution is 2.36. The van der Waals surface area contributed by atoms with E-state index in [-0.39, 0.29) is 0 Å². The van der Waals surface area contributed by atoms with Crippen LogP contribution in [0.5, 0.6) is 0 Å². The normalized spacial score (nSPS) is 19.5. The van der Waals surface area contributed by atoms with E-state index >= 15 is 0 Å². The second-order valence-electron chi connectivity index (χ2n) is 6.84. The number of aliphatic hydroxyl groups is 1. The number of benzene rings is 2. The van der Waals surface area contributed by atoms with Crippen LogP contribution in [0.1, 0.15) is 12.5 Å². The first-order valence-electron chi connectivity index (χ1n) is 8.68. The van der Waals surface area contributed by atoms with Crippen molar-refractivity contribution in [2.45, 2.75) is 12.5 Å². The Kier molecular flexibility index (Phi) is 4.43. The molecule has 0 spiro atoms. The first kappa shape index (κ1) is 17.4. The van der Waals surface area contributed by atoms with E-state index in [1.165, 1.54) is 0 Å². The predicted octanol–water partition coefficient (Wildman–Crippen LogP) is 2.93. The summed E-state index contributed by atoms with van der Waals surface area (Å²) in [6.07, 6.45) is 0. The fourth-order valence-electron chi connectivity index (χ4n) is 3.42. The van der Waals surface area contributed by atoms with Gasteiger partial charge < -0.3 is 15.3 Å². The van der Waals surface area contributed by atoms with Crippen molar-refractivity contribution in [2.24, 2.45) is 4.99 Å². The summed E-state index contributed by atoms with van der Waals surface area (Å²) in [5.41, 5.74) is 2.52. The van der Waals surface area contributed by atoms with E-state index in [0.29, 0.717) is 18.1 Å². The van der Waals surface area contributed by atoms with E-state index in [4.69, 9.17) is 24.4 Å². The molecule has 0 saturated carbocycles. The highest BCUT2D eigenvalue weighted by atomic mass is 35.5. The number of nitrogens with zero attached hydrogens (tertiary/aromatic N) is 3. The molecule has 0 amide bonds. The zero-order valence-electron chi connectivity index (χ0n) is 14.6. The van der Waals surface area contributed by atoms with E-state index in [2.05, 4.69) is 22.3 Å². The minimum Gasteiger partial charge on any atom is -0.385 e. The minimum absolute atomic E-state index is 0.656. The Morgan fingerprint density at radius 2 is 1.85 bits per heavy atom. The van der Waals surface area contributed by atoms with Gasteiger partial charge in [0.1, 0.15) is 13.7 Å². The maximum Gasteiger partial charge on any atom is 0.138 e. The number of nitrogens with one attached hydrogen (secondary N) is 1. The van der Waals surface area contributed by atoms with Gasteiger partial charge in [-0.05, 0) is 37.3 Å². The maximum atomic E-state index is 10.0. The van der Waals surface area contributed by atoms with Gasteiger partial charge in [0.05, 0.1) is 17.0 Å². The SMILES string of the molecule is [B]C(C)(O)N1CCN(C2=Nc3cc(Cl)ccc3Nc3ccccc32)CC1. The molecule has 2 N–H and O–H groups in total. The summed E-state index contributed by atoms with van der Waals surface area (Å²) in [6.45, 7) is 4.41. The zero-order chi connectivity index (χ0) is 18.3. The lowest BCUT2D eigenvalue weighted by atomic mass is 9.90. The van der Waals surface area contributed by atoms with Crippen LogP contribution in [0.2, 0.25) is 5.02 Å². The summed E-state index contributed by atoms with van der Waals surface area (Å²) in [5.74, 6) is 0.908. The van der Waals surface area contributed by atoms with E-state index in [0.717, 1.165) is 41.6 Å². The van der Waals surface area contributed by atoms with Crippen LogP contribution in [0.15, 0.2) is 47.5 Å². The van der Waals surface area contributed by atoms with Crippen molar-refractivity contribution in [1.82, 2.24) is 9.80 Å². The largest absolute Gasteiger partial charge is 0.385 e. The van der Waals surface area contributed by atoms with Crippen molar-refractivity contribution in [2.75, 3.05) is 31.5 Å². The number of hydrogen-bond donors (Lipinski definition) is 2. The van der Waals surface area contributed by atoms with Gasteiger partial charge in [0.25, 0.3) is 0 Å². The Morgan fingerprint density at radius 1 is 1.12 bits per heavy atom. The van der Waals surface area contributed by atoms with E-state index in [1.807, 2.05) is 35.2 Å². The van der Waals surface area contributed by atoms with Gasteiger partial charge in [0, 0.05) is 42.5 Å². The number of halogens is 1. The Bertz CT molecular complexity index is 857. The molecule has 2 radical (unpaired) electrons. The Morgan fingerprint density at radius 3 is 2.58 bits per heavy atom. The van der Waals surface area contributed by atoms with Crippen molar-refractivity contribution in [3.05, 3.63) is 53.1 Å². The third-order valence-electron chi connectivity index (χ3n) is 4.84. The summed E-state index contributed by atoms with van der Waals surface area (Å²) in [6, 6.07) is 13.8. The van der Waals surface area contributed by atoms with Gasteiger partial charge in [-0.15, -0.1) is 0 Å². The van der Waals surface area contributed by atoms with Crippen LogP contribution < -0.4 is 5.32 Å². The van der Waals surface area contributed by atoms with Crippen molar-refractivity contribution < 1.29 is 5.11 Å². The van der Waals surface area contributed by atoms with Crippen LogP contribution in [-0.2, 0) is 0 Å². The topological polar surface area (TPSA) is 51.1 Å². The lowest BCUT2D eigenvalue weighted by molar-refractivity contribution is -0.0389. The number of amidine groups is 1. The van der Waals surface area contributed by atoms with Crippen molar-refractivity contribution in [3.63, 3.8) is 0 Å². The number of piperazine rings is 1. The van der Waals surface area contributed by atoms with E-state index in [1.54, 1.807) is 6.92 Å². The van der Waals surface area contributed by atoms with Gasteiger partial charge in [-0.25, -0.2) is 4.99 Å². The van der Waals surface area contributed by atoms with Gasteiger partial charge in [0.15, 0.2) is 0 Å². The molecule has 0 bridgehead atoms. The summed E-state index contributed by atoms with van der Waals surface area (Å²) in [5, 5.41) is 14.2. The Labute approximate surface area is 159 Å². The molecule has 1 saturated heterocycles. The molecule has 132 valence electrons. The average molecular weight is 367 g/mol. The standard InChI is InChI=1S/C19H20BClN4O/c1-19(20,26)25-10-8-24(9-11-25)18-14-4-2-3-5-15(14)22-16-7-6-13(21)12-17(16)23-18/h2-7,12,22,26H,8-11H2,1H3. The number of aliphatic imine (C=N–C) groups is 1. The summed E-state index contributed by atoms with van der Waals surface area (Å²) in [7, 11) is 5.82. The van der Waals surface area contributed by atoms with Gasteiger partial charge in [-0.1, -0.05) is 23.7 Å². The highest BCUT2D eigenvalue weighted by molar-refractivity contribution is 6.31. The predicted molar refractivity (Wildman–Crippen MR) is 107 cm³/mol. The zero-order valence-corrected chi connectivity index (χ0v) is 15.4. The molecule has 1 atom stereocenters. The lowest BCUT2D eigenvalue weighted by Gasteiger charge is -2.42. The molecule has 26 heavy (non-hydrogen) atoms. The van der Waals surface area contributed by atoms with E-state index in [9.17, 15) is 5.11 Å². The second kappa shape index (κ2) is 6.61. The monoisotopic (exact) mass is 366 g/mol. The van der Waals surface area contributed by atoms with E-state index < -0.39 is 5.62 Å². The molecular formula is C19H20BClN4O. The fourth-order valence-corrected chi connectivity index (χ4v) is 3.59. The summed E-state index contributed by atoms with van der Waals surface area (Å²) in [4.78, 5) is 9.04. The smallest absolute Gasteiger partial charge is 0.138 e. The summed E-state index contributed by atoms with van der Waals surface area (Å²) < 4.78 is 0.